The van der Waals surface area contributed by atoms with Gasteiger partial charge in [0.25, 0.3) is 10.0 Å². The van der Waals surface area contributed by atoms with Crippen molar-refractivity contribution >= 4 is 26.0 Å². The molecule has 3 aromatic rings. The van der Waals surface area contributed by atoms with Crippen molar-refractivity contribution in [3.8, 4) is 22.6 Å². The lowest BCUT2D eigenvalue weighted by molar-refractivity contribution is -0.286. The van der Waals surface area contributed by atoms with Crippen molar-refractivity contribution < 1.29 is 39.9 Å². The normalized spacial score (nSPS) is 14.1. The van der Waals surface area contributed by atoms with Crippen LogP contribution in [0.1, 0.15) is 63.6 Å². The van der Waals surface area contributed by atoms with Crippen molar-refractivity contribution in [1.29, 1.82) is 0 Å². The Morgan fingerprint density at radius 3 is 1.79 bits per heavy atom. The molecule has 3 aromatic carbocycles. The van der Waals surface area contributed by atoms with E-state index in [1.807, 2.05) is 39.8 Å². The molecule has 228 valence electrons. The highest BCUT2D eigenvalue weighted by Gasteiger charge is 2.43. The highest BCUT2D eigenvalue weighted by molar-refractivity contribution is 7.90. The summed E-state index contributed by atoms with van der Waals surface area (Å²) >= 11 is 0. The minimum Gasteiger partial charge on any atom is -0.395 e. The molecule has 0 radical (unpaired) electrons. The molecule has 9 nitrogen and oxygen atoms in total. The summed E-state index contributed by atoms with van der Waals surface area (Å²) in [5.74, 6) is -1.05. The zero-order valence-electron chi connectivity index (χ0n) is 23.0. The van der Waals surface area contributed by atoms with Gasteiger partial charge >= 0.3 is 6.29 Å². The molecular formula is C29H34F2N2O7S2. The zero-order valence-corrected chi connectivity index (χ0v) is 24.6. The first-order valence-electron chi connectivity index (χ1n) is 12.7. The van der Waals surface area contributed by atoms with Crippen LogP contribution in [0, 0.1) is 0 Å². The zero-order chi connectivity index (χ0) is 30.3. The van der Waals surface area contributed by atoms with Crippen molar-refractivity contribution in [1.82, 2.24) is 9.44 Å². The van der Waals surface area contributed by atoms with Crippen molar-refractivity contribution in [2.24, 2.45) is 0 Å². The third-order valence-corrected chi connectivity index (χ3v) is 9.42. The number of fused-ring (bicyclic) bond motifs is 1. The molecule has 0 atom stereocenters. The van der Waals surface area contributed by atoms with Crippen molar-refractivity contribution in [2.75, 3.05) is 7.05 Å². The van der Waals surface area contributed by atoms with Gasteiger partial charge in [-0.25, -0.2) is 26.3 Å². The third-order valence-electron chi connectivity index (χ3n) is 6.60. The summed E-state index contributed by atoms with van der Waals surface area (Å²) in [6.07, 6.45) is -3.97. The molecule has 0 aromatic heterocycles. The van der Waals surface area contributed by atoms with E-state index < -0.39 is 32.2 Å². The minimum atomic E-state index is -4.28. The van der Waals surface area contributed by atoms with Crippen LogP contribution in [0.25, 0.3) is 11.1 Å². The van der Waals surface area contributed by atoms with Gasteiger partial charge in [-0.2, -0.15) is 0 Å². The first kappa shape index (κ1) is 33.0. The molecule has 0 saturated heterocycles. The lowest BCUT2D eigenvalue weighted by Gasteiger charge is -2.22. The average molecular weight is 625 g/mol. The highest BCUT2D eigenvalue weighted by Crippen LogP contribution is 2.44. The lowest BCUT2D eigenvalue weighted by Crippen LogP contribution is -2.32. The standard InChI is InChI=1S/C28H30F2N2O7S2.CH4/c1-16(2)22-12-19(18-6-11-25-26(14-18)39-28(29,30)38-25)13-23(17(3)4)24(22)15-27(33)32-41(36,37)21-9-7-20(8-10-21)40(34,35)31-5;/h6-14,16-17,31H,15H2,1-5H3,(H,32,33);1H4. The van der Waals surface area contributed by atoms with E-state index in [9.17, 15) is 30.4 Å². The number of benzene rings is 3. The fraction of sp³-hybridized carbons (Fsp3) is 0.345. The predicted molar refractivity (Wildman–Crippen MR) is 155 cm³/mol. The van der Waals surface area contributed by atoms with Crippen LogP contribution in [0.4, 0.5) is 8.78 Å². The number of carbonyl (C=O) groups is 1. The average Bonchev–Trinajstić information content (AvgIpc) is 3.21. The predicted octanol–water partition coefficient (Wildman–Crippen LogP) is 5.51. The van der Waals surface area contributed by atoms with Gasteiger partial charge in [-0.1, -0.05) is 53.3 Å². The van der Waals surface area contributed by atoms with Gasteiger partial charge in [0.1, 0.15) is 0 Å². The monoisotopic (exact) mass is 624 g/mol. The quantitative estimate of drug-likeness (QED) is 0.321. The Morgan fingerprint density at radius 1 is 0.786 bits per heavy atom. The first-order valence-corrected chi connectivity index (χ1v) is 15.7. The van der Waals surface area contributed by atoms with Gasteiger partial charge in [-0.3, -0.25) is 4.79 Å². The van der Waals surface area contributed by atoms with Crippen LogP contribution >= 0.6 is 0 Å². The summed E-state index contributed by atoms with van der Waals surface area (Å²) in [6.45, 7) is 7.73. The van der Waals surface area contributed by atoms with E-state index >= 15 is 0 Å². The van der Waals surface area contributed by atoms with Gasteiger partial charge in [-0.15, -0.1) is 8.78 Å². The SMILES string of the molecule is C.CNS(=O)(=O)c1ccc(S(=O)(=O)NC(=O)Cc2c(C(C)C)cc(-c3ccc4c(c3)OC(F)(F)O4)cc2C(C)C)cc1. The molecule has 1 heterocycles. The smallest absolute Gasteiger partial charge is 0.395 e. The summed E-state index contributed by atoms with van der Waals surface area (Å²) in [5, 5.41) is 0. The molecule has 1 aliphatic rings. The molecule has 4 rings (SSSR count). The number of halogens is 2. The number of sulfonamides is 2. The van der Waals surface area contributed by atoms with Crippen LogP contribution in [-0.2, 0) is 31.3 Å². The van der Waals surface area contributed by atoms with E-state index in [0.717, 1.165) is 35.4 Å². The Balaban J connectivity index is 0.00000484. The van der Waals surface area contributed by atoms with E-state index in [-0.39, 0.29) is 47.0 Å². The van der Waals surface area contributed by atoms with E-state index in [1.54, 1.807) is 6.07 Å². The second-order valence-electron chi connectivity index (χ2n) is 10.2. The Labute approximate surface area is 245 Å². The first-order chi connectivity index (χ1) is 19.0. The van der Waals surface area contributed by atoms with E-state index in [2.05, 4.69) is 18.9 Å². The molecule has 0 spiro atoms. The summed E-state index contributed by atoms with van der Waals surface area (Å²) in [7, 11) is -6.81. The number of ether oxygens (including phenoxy) is 2. The summed E-state index contributed by atoms with van der Waals surface area (Å²) in [4.78, 5) is 12.7. The van der Waals surface area contributed by atoms with Crippen LogP contribution in [0.2, 0.25) is 0 Å². The number of amides is 1. The number of alkyl halides is 2. The molecule has 42 heavy (non-hydrogen) atoms. The van der Waals surface area contributed by atoms with E-state index in [4.69, 9.17) is 0 Å². The van der Waals surface area contributed by atoms with Gasteiger partial charge in [0.2, 0.25) is 15.9 Å². The van der Waals surface area contributed by atoms with Gasteiger partial charge < -0.3 is 9.47 Å². The largest absolute Gasteiger partial charge is 0.586 e. The van der Waals surface area contributed by atoms with Crippen LogP contribution in [-0.4, -0.2) is 36.1 Å². The molecule has 0 fully saturated rings. The van der Waals surface area contributed by atoms with Crippen LogP contribution in [0.3, 0.4) is 0 Å². The molecule has 0 bridgehead atoms. The maximum Gasteiger partial charge on any atom is 0.586 e. The van der Waals surface area contributed by atoms with Crippen LogP contribution in [0.5, 0.6) is 11.5 Å². The van der Waals surface area contributed by atoms with Gasteiger partial charge in [0, 0.05) is 0 Å². The maximum atomic E-state index is 13.5. The van der Waals surface area contributed by atoms with Crippen molar-refractivity contribution in [2.45, 2.75) is 69.5 Å². The molecular weight excluding hydrogens is 590 g/mol. The molecule has 0 saturated carbocycles. The summed E-state index contributed by atoms with van der Waals surface area (Å²) in [6, 6.07) is 12.7. The summed E-state index contributed by atoms with van der Waals surface area (Å²) < 4.78 is 90.1. The fourth-order valence-electron chi connectivity index (χ4n) is 4.57. The van der Waals surface area contributed by atoms with Gasteiger partial charge in [0.05, 0.1) is 16.2 Å². The number of hydrogen-bond donors (Lipinski definition) is 2. The Bertz CT molecular complexity index is 1680. The van der Waals surface area contributed by atoms with Crippen molar-refractivity contribution in [3.05, 3.63) is 71.3 Å². The molecule has 13 heteroatoms. The maximum absolute atomic E-state index is 13.5. The minimum absolute atomic E-state index is 0. The van der Waals surface area contributed by atoms with Gasteiger partial charge in [-0.05, 0) is 83.1 Å². The second kappa shape index (κ2) is 12.0. The van der Waals surface area contributed by atoms with Gasteiger partial charge in [0.15, 0.2) is 11.5 Å². The third kappa shape index (κ3) is 6.90. The number of hydrogen-bond acceptors (Lipinski definition) is 7. The molecule has 1 aliphatic heterocycles. The Hall–Kier alpha value is -3.55. The lowest BCUT2D eigenvalue weighted by atomic mass is 9.84. The van der Waals surface area contributed by atoms with Crippen LogP contribution in [0.15, 0.2) is 64.4 Å². The Morgan fingerprint density at radius 2 is 1.29 bits per heavy atom. The molecule has 2 N–H and O–H groups in total. The van der Waals surface area contributed by atoms with Crippen molar-refractivity contribution in [3.63, 3.8) is 0 Å². The molecule has 0 aliphatic carbocycles. The number of carbonyl (C=O) groups excluding carboxylic acids is 1. The van der Waals surface area contributed by atoms with Crippen LogP contribution < -0.4 is 18.9 Å². The Kier molecular flexibility index (Phi) is 9.40. The van der Waals surface area contributed by atoms with E-state index in [1.165, 1.54) is 19.2 Å². The fourth-order valence-corrected chi connectivity index (χ4v) is 6.28. The molecule has 0 unspecified atom stereocenters. The summed E-state index contributed by atoms with van der Waals surface area (Å²) in [5.41, 5.74) is 3.57. The number of rotatable bonds is 9. The number of nitrogens with one attached hydrogen (secondary N) is 2. The van der Waals surface area contributed by atoms with E-state index in [0.29, 0.717) is 16.7 Å². The topological polar surface area (TPSA) is 128 Å². The molecule has 1 amide bonds. The highest BCUT2D eigenvalue weighted by atomic mass is 32.2. The second-order valence-corrected chi connectivity index (χ2v) is 13.7.